The van der Waals surface area contributed by atoms with E-state index in [1.54, 1.807) is 20.1 Å². The number of ether oxygens (including phenoxy) is 4. The first kappa shape index (κ1) is 29.6. The van der Waals surface area contributed by atoms with E-state index in [4.69, 9.17) is 18.9 Å². The summed E-state index contributed by atoms with van der Waals surface area (Å²) in [5, 5.41) is 0. The van der Waals surface area contributed by atoms with E-state index in [1.165, 1.54) is 24.3 Å². The van der Waals surface area contributed by atoms with Crippen molar-refractivity contribution in [2.24, 2.45) is 0 Å². The zero-order valence-corrected chi connectivity index (χ0v) is 21.3. The molecule has 0 aliphatic rings. The minimum absolute atomic E-state index is 0.222. The minimum Gasteiger partial charge on any atom is -0.467 e. The second-order valence-electron chi connectivity index (χ2n) is 8.78. The molecule has 200 valence electrons. The van der Waals surface area contributed by atoms with Crippen molar-refractivity contribution in [3.05, 3.63) is 65.7 Å². The van der Waals surface area contributed by atoms with E-state index in [9.17, 15) is 18.0 Å². The van der Waals surface area contributed by atoms with Crippen LogP contribution in [0.2, 0.25) is 0 Å². The zero-order valence-electron chi connectivity index (χ0n) is 21.3. The number of esters is 1. The molecule has 0 fully saturated rings. The molecule has 0 N–H and O–H groups in total. The lowest BCUT2D eigenvalue weighted by atomic mass is 9.92. The average molecular weight is 511 g/mol. The Kier molecular flexibility index (Phi) is 12.2. The molecule has 0 aliphatic carbocycles. The molecule has 0 aliphatic heterocycles. The summed E-state index contributed by atoms with van der Waals surface area (Å²) in [6.07, 6.45) is 1.66. The van der Waals surface area contributed by atoms with Crippen molar-refractivity contribution in [2.45, 2.75) is 76.2 Å². The normalized spacial score (nSPS) is 14.2. The standard InChI is InChI=1S/C28H37F3O5/c1-22(36-26(32)27(34-3,28(29,30)31)24-18-11-8-12-19-24)15-9-6-4-5-7-10-16-23-17-13-14-20-25(23)35-21-33-2/h8,11-14,17-20,22H,4-7,9-10,15-16,21H2,1-3H3/t22-,27+/m1/s1. The number of rotatable bonds is 16. The lowest BCUT2D eigenvalue weighted by molar-refractivity contribution is -0.278. The van der Waals surface area contributed by atoms with Crippen LogP contribution in [0.25, 0.3) is 0 Å². The summed E-state index contributed by atoms with van der Waals surface area (Å²) >= 11 is 0. The molecule has 0 aromatic heterocycles. The Morgan fingerprint density at radius 1 is 0.861 bits per heavy atom. The van der Waals surface area contributed by atoms with E-state index < -0.39 is 23.9 Å². The van der Waals surface area contributed by atoms with Gasteiger partial charge in [-0.2, -0.15) is 13.2 Å². The lowest BCUT2D eigenvalue weighted by Gasteiger charge is -2.33. The Bertz CT molecular complexity index is 904. The van der Waals surface area contributed by atoms with Gasteiger partial charge in [0.25, 0.3) is 5.60 Å². The highest BCUT2D eigenvalue weighted by Gasteiger charge is 2.64. The molecule has 0 saturated carbocycles. The Morgan fingerprint density at radius 2 is 1.47 bits per heavy atom. The van der Waals surface area contributed by atoms with E-state index in [-0.39, 0.29) is 12.4 Å². The van der Waals surface area contributed by atoms with Crippen LogP contribution in [0.3, 0.4) is 0 Å². The fourth-order valence-corrected chi connectivity index (χ4v) is 4.14. The first-order chi connectivity index (χ1) is 17.3. The van der Waals surface area contributed by atoms with Crippen LogP contribution in [0.4, 0.5) is 13.2 Å². The number of unbranched alkanes of at least 4 members (excludes halogenated alkanes) is 5. The summed E-state index contributed by atoms with van der Waals surface area (Å²) in [5.74, 6) is -0.593. The number of carbonyl (C=O) groups is 1. The fourth-order valence-electron chi connectivity index (χ4n) is 4.14. The Morgan fingerprint density at radius 3 is 2.11 bits per heavy atom. The molecular formula is C28H37F3O5. The average Bonchev–Trinajstić information content (AvgIpc) is 2.85. The molecule has 0 radical (unpaired) electrons. The van der Waals surface area contributed by atoms with E-state index in [1.807, 2.05) is 18.2 Å². The maximum atomic E-state index is 14.0. The first-order valence-corrected chi connectivity index (χ1v) is 12.3. The van der Waals surface area contributed by atoms with E-state index in [0.717, 1.165) is 63.4 Å². The van der Waals surface area contributed by atoms with Crippen molar-refractivity contribution >= 4 is 5.97 Å². The molecule has 8 heteroatoms. The summed E-state index contributed by atoms with van der Waals surface area (Å²) in [6.45, 7) is 1.84. The van der Waals surface area contributed by atoms with Gasteiger partial charge in [0.15, 0.2) is 6.79 Å². The molecule has 0 unspecified atom stereocenters. The lowest BCUT2D eigenvalue weighted by Crippen LogP contribution is -2.52. The van der Waals surface area contributed by atoms with Crippen LogP contribution in [-0.4, -0.2) is 39.3 Å². The van der Waals surface area contributed by atoms with Crippen LogP contribution in [0.5, 0.6) is 5.75 Å². The van der Waals surface area contributed by atoms with Crippen LogP contribution >= 0.6 is 0 Å². The third kappa shape index (κ3) is 8.23. The van der Waals surface area contributed by atoms with E-state index in [2.05, 4.69) is 6.07 Å². The van der Waals surface area contributed by atoms with Gasteiger partial charge in [-0.3, -0.25) is 0 Å². The van der Waals surface area contributed by atoms with Gasteiger partial charge in [0, 0.05) is 19.8 Å². The molecule has 0 saturated heterocycles. The molecule has 0 spiro atoms. The molecule has 0 heterocycles. The van der Waals surface area contributed by atoms with Gasteiger partial charge in [-0.25, -0.2) is 4.79 Å². The van der Waals surface area contributed by atoms with Gasteiger partial charge >= 0.3 is 12.1 Å². The molecule has 0 bridgehead atoms. The van der Waals surface area contributed by atoms with Crippen LogP contribution < -0.4 is 4.74 Å². The Balaban J connectivity index is 1.72. The van der Waals surface area contributed by atoms with Gasteiger partial charge in [0.2, 0.25) is 0 Å². The number of benzene rings is 2. The highest BCUT2D eigenvalue weighted by atomic mass is 19.4. The number of halogens is 3. The predicted molar refractivity (Wildman–Crippen MR) is 132 cm³/mol. The maximum absolute atomic E-state index is 14.0. The van der Waals surface area contributed by atoms with Crippen molar-refractivity contribution in [3.63, 3.8) is 0 Å². The Labute approximate surface area is 211 Å². The molecule has 5 nitrogen and oxygen atoms in total. The van der Waals surface area contributed by atoms with Crippen molar-refractivity contribution in [3.8, 4) is 5.75 Å². The van der Waals surface area contributed by atoms with Crippen LogP contribution in [0.15, 0.2) is 54.6 Å². The molecule has 2 atom stereocenters. The number of hydrogen-bond donors (Lipinski definition) is 0. The summed E-state index contributed by atoms with van der Waals surface area (Å²) in [6, 6.07) is 14.8. The van der Waals surface area contributed by atoms with Crippen molar-refractivity contribution < 1.29 is 36.9 Å². The van der Waals surface area contributed by atoms with Crippen LogP contribution in [0.1, 0.15) is 63.0 Å². The molecule has 2 rings (SSSR count). The van der Waals surface area contributed by atoms with Crippen LogP contribution in [-0.2, 0) is 31.0 Å². The third-order valence-corrected chi connectivity index (χ3v) is 6.09. The highest BCUT2D eigenvalue weighted by molar-refractivity contribution is 5.82. The number of aryl methyl sites for hydroxylation is 1. The molecule has 2 aromatic carbocycles. The van der Waals surface area contributed by atoms with Gasteiger partial charge in [-0.15, -0.1) is 0 Å². The highest BCUT2D eigenvalue weighted by Crippen LogP contribution is 2.43. The largest absolute Gasteiger partial charge is 0.467 e. The van der Waals surface area contributed by atoms with Gasteiger partial charge in [0.05, 0.1) is 6.10 Å². The van der Waals surface area contributed by atoms with Crippen LogP contribution in [0, 0.1) is 0 Å². The fraction of sp³-hybridized carbons (Fsp3) is 0.536. The first-order valence-electron chi connectivity index (χ1n) is 12.3. The van der Waals surface area contributed by atoms with Gasteiger partial charge in [-0.05, 0) is 44.2 Å². The number of carbonyl (C=O) groups excluding carboxylic acids is 1. The molecule has 0 amide bonds. The van der Waals surface area contributed by atoms with Gasteiger partial charge in [0.1, 0.15) is 5.75 Å². The number of methoxy groups -OCH3 is 2. The maximum Gasteiger partial charge on any atom is 0.432 e. The summed E-state index contributed by atoms with van der Waals surface area (Å²) in [7, 11) is 2.46. The Hall–Kier alpha value is -2.58. The van der Waals surface area contributed by atoms with Crippen molar-refractivity contribution in [1.82, 2.24) is 0 Å². The second kappa shape index (κ2) is 14.9. The van der Waals surface area contributed by atoms with E-state index >= 15 is 0 Å². The zero-order chi connectivity index (χ0) is 26.4. The predicted octanol–water partition coefficient (Wildman–Crippen LogP) is 6.98. The second-order valence-corrected chi connectivity index (χ2v) is 8.78. The SMILES string of the molecule is COCOc1ccccc1CCCCCCCC[C@@H](C)OC(=O)[C@@](OC)(c1ccccc1)C(F)(F)F. The minimum atomic E-state index is -4.96. The molecular weight excluding hydrogens is 473 g/mol. The number of para-hydroxylation sites is 1. The summed E-state index contributed by atoms with van der Waals surface area (Å²) in [4.78, 5) is 12.7. The summed E-state index contributed by atoms with van der Waals surface area (Å²) in [5.41, 5.74) is -2.28. The number of hydrogen-bond acceptors (Lipinski definition) is 5. The third-order valence-electron chi connectivity index (χ3n) is 6.09. The van der Waals surface area contributed by atoms with Crippen molar-refractivity contribution in [1.29, 1.82) is 0 Å². The molecule has 2 aromatic rings. The van der Waals surface area contributed by atoms with E-state index in [0.29, 0.717) is 6.42 Å². The topological polar surface area (TPSA) is 54.0 Å². The van der Waals surface area contributed by atoms with Gasteiger partial charge in [-0.1, -0.05) is 74.2 Å². The number of alkyl halides is 3. The van der Waals surface area contributed by atoms with Crippen molar-refractivity contribution in [2.75, 3.05) is 21.0 Å². The molecule has 36 heavy (non-hydrogen) atoms. The summed E-state index contributed by atoms with van der Waals surface area (Å²) < 4.78 is 62.4. The monoisotopic (exact) mass is 510 g/mol. The quantitative estimate of drug-likeness (QED) is 0.139. The smallest absolute Gasteiger partial charge is 0.432 e. The van der Waals surface area contributed by atoms with Gasteiger partial charge < -0.3 is 18.9 Å².